The molecule has 1 heterocycles. The van der Waals surface area contributed by atoms with Crippen LogP contribution in [0.1, 0.15) is 40.8 Å². The van der Waals surface area contributed by atoms with Crippen molar-refractivity contribution in [3.63, 3.8) is 0 Å². The van der Waals surface area contributed by atoms with Gasteiger partial charge in [0.25, 0.3) is 0 Å². The lowest BCUT2D eigenvalue weighted by Gasteiger charge is -2.19. The summed E-state index contributed by atoms with van der Waals surface area (Å²) < 4.78 is 1.20. The third-order valence-corrected chi connectivity index (χ3v) is 5.39. The number of aryl methyl sites for hydroxylation is 2. The van der Waals surface area contributed by atoms with Crippen molar-refractivity contribution < 1.29 is 0 Å². The molecule has 2 aromatic rings. The van der Waals surface area contributed by atoms with E-state index in [2.05, 4.69) is 72.3 Å². The average Bonchev–Trinajstić information content (AvgIpc) is 2.86. The Labute approximate surface area is 134 Å². The summed E-state index contributed by atoms with van der Waals surface area (Å²) in [6.45, 7) is 7.50. The number of thiophene rings is 1. The van der Waals surface area contributed by atoms with Crippen molar-refractivity contribution in [2.45, 2.75) is 39.7 Å². The lowest BCUT2D eigenvalue weighted by Crippen LogP contribution is -2.23. The first-order valence-electron chi connectivity index (χ1n) is 7.21. The number of benzene rings is 1. The predicted octanol–water partition coefficient (Wildman–Crippen LogP) is 5.27. The first kappa shape index (κ1) is 15.7. The normalized spacial score (nSPS) is 12.6. The van der Waals surface area contributed by atoms with Gasteiger partial charge in [0, 0.05) is 26.7 Å². The summed E-state index contributed by atoms with van der Waals surface area (Å²) in [7, 11) is 0. The Morgan fingerprint density at radius 2 is 1.90 bits per heavy atom. The molecule has 2 rings (SSSR count). The molecule has 0 spiro atoms. The van der Waals surface area contributed by atoms with Crippen LogP contribution in [0.15, 0.2) is 34.8 Å². The molecule has 0 fully saturated rings. The number of rotatable bonds is 6. The van der Waals surface area contributed by atoms with E-state index in [0.29, 0.717) is 6.04 Å². The lowest BCUT2D eigenvalue weighted by atomic mass is 10.0. The van der Waals surface area contributed by atoms with E-state index in [1.54, 1.807) is 0 Å². The molecule has 1 nitrogen and oxygen atoms in total. The Kier molecular flexibility index (Phi) is 5.82. The molecular weight excluding hydrogens is 330 g/mol. The van der Waals surface area contributed by atoms with Gasteiger partial charge >= 0.3 is 0 Å². The summed E-state index contributed by atoms with van der Waals surface area (Å²) in [5, 5.41) is 3.61. The van der Waals surface area contributed by atoms with Crippen LogP contribution in [0.25, 0.3) is 0 Å². The van der Waals surface area contributed by atoms with Gasteiger partial charge in [0.1, 0.15) is 0 Å². The van der Waals surface area contributed by atoms with E-state index in [4.69, 9.17) is 0 Å². The quantitative estimate of drug-likeness (QED) is 0.746. The van der Waals surface area contributed by atoms with Gasteiger partial charge in [-0.2, -0.15) is 0 Å². The topological polar surface area (TPSA) is 12.0 Å². The number of hydrogen-bond donors (Lipinski definition) is 1. The highest BCUT2D eigenvalue weighted by molar-refractivity contribution is 9.10. The maximum atomic E-state index is 3.71. The Balaban J connectivity index is 2.21. The fraction of sp³-hybridized carbons (Fsp3) is 0.412. The van der Waals surface area contributed by atoms with Crippen LogP contribution in [0.4, 0.5) is 0 Å². The van der Waals surface area contributed by atoms with Crippen LogP contribution in [0.2, 0.25) is 0 Å². The molecule has 20 heavy (non-hydrogen) atoms. The van der Waals surface area contributed by atoms with Gasteiger partial charge in [-0.25, -0.2) is 0 Å². The van der Waals surface area contributed by atoms with Crippen molar-refractivity contribution in [3.8, 4) is 0 Å². The van der Waals surface area contributed by atoms with Crippen molar-refractivity contribution in [2.75, 3.05) is 6.54 Å². The molecule has 1 aromatic heterocycles. The molecule has 0 aliphatic heterocycles. The van der Waals surface area contributed by atoms with Gasteiger partial charge in [0.15, 0.2) is 0 Å². The summed E-state index contributed by atoms with van der Waals surface area (Å²) in [5.41, 5.74) is 2.64. The van der Waals surface area contributed by atoms with E-state index in [9.17, 15) is 0 Å². The number of nitrogens with one attached hydrogen (secondary N) is 1. The van der Waals surface area contributed by atoms with Crippen molar-refractivity contribution in [3.05, 3.63) is 55.7 Å². The SMILES string of the molecule is CCNC(Cc1ccc(CC)s1)c1ccc(C)cc1Br. The minimum absolute atomic E-state index is 0.373. The molecular formula is C17H22BrNS. The molecule has 0 amide bonds. The minimum atomic E-state index is 0.373. The monoisotopic (exact) mass is 351 g/mol. The molecule has 108 valence electrons. The smallest absolute Gasteiger partial charge is 0.0379 e. The molecule has 0 aliphatic rings. The molecule has 0 saturated carbocycles. The van der Waals surface area contributed by atoms with Crippen LogP contribution >= 0.6 is 27.3 Å². The molecule has 1 aromatic carbocycles. The molecule has 1 atom stereocenters. The molecule has 1 unspecified atom stereocenters. The summed E-state index contributed by atoms with van der Waals surface area (Å²) in [6, 6.07) is 11.5. The van der Waals surface area contributed by atoms with Crippen molar-refractivity contribution in [2.24, 2.45) is 0 Å². The van der Waals surface area contributed by atoms with Gasteiger partial charge < -0.3 is 5.32 Å². The van der Waals surface area contributed by atoms with Crippen molar-refractivity contribution >= 4 is 27.3 Å². The van der Waals surface area contributed by atoms with E-state index in [1.165, 1.54) is 25.4 Å². The number of hydrogen-bond acceptors (Lipinski definition) is 2. The van der Waals surface area contributed by atoms with E-state index < -0.39 is 0 Å². The standard InChI is InChI=1S/C17H22BrNS/c1-4-13-7-8-14(20-13)11-17(19-5-2)15-9-6-12(3)10-16(15)18/h6-10,17,19H,4-5,11H2,1-3H3. The maximum absolute atomic E-state index is 3.71. The van der Waals surface area contributed by atoms with Crippen LogP contribution in [0, 0.1) is 6.92 Å². The highest BCUT2D eigenvalue weighted by Crippen LogP contribution is 2.29. The Morgan fingerprint density at radius 3 is 2.50 bits per heavy atom. The van der Waals surface area contributed by atoms with Gasteiger partial charge in [0.2, 0.25) is 0 Å². The second-order valence-corrected chi connectivity index (χ2v) is 7.17. The summed E-state index contributed by atoms with van der Waals surface area (Å²) in [4.78, 5) is 2.93. The fourth-order valence-electron chi connectivity index (χ4n) is 2.38. The predicted molar refractivity (Wildman–Crippen MR) is 92.7 cm³/mol. The first-order valence-corrected chi connectivity index (χ1v) is 8.82. The summed E-state index contributed by atoms with van der Waals surface area (Å²) in [6.07, 6.45) is 2.19. The van der Waals surface area contributed by atoms with Crippen LogP contribution in [0.3, 0.4) is 0 Å². The van der Waals surface area contributed by atoms with Crippen molar-refractivity contribution in [1.29, 1.82) is 0 Å². The zero-order valence-electron chi connectivity index (χ0n) is 12.4. The third kappa shape index (κ3) is 3.94. The average molecular weight is 352 g/mol. The molecule has 0 bridgehead atoms. The molecule has 0 saturated heterocycles. The third-order valence-electron chi connectivity index (χ3n) is 3.45. The van der Waals surface area contributed by atoms with Crippen LogP contribution in [0.5, 0.6) is 0 Å². The summed E-state index contributed by atoms with van der Waals surface area (Å²) in [5.74, 6) is 0. The molecule has 0 aliphatic carbocycles. The van der Waals surface area contributed by atoms with Crippen LogP contribution in [-0.4, -0.2) is 6.54 Å². The second kappa shape index (κ2) is 7.39. The minimum Gasteiger partial charge on any atom is -0.310 e. The Bertz CT molecular complexity index is 562. The Morgan fingerprint density at radius 1 is 1.15 bits per heavy atom. The van der Waals surface area contributed by atoms with E-state index >= 15 is 0 Å². The van der Waals surface area contributed by atoms with E-state index in [0.717, 1.165) is 19.4 Å². The van der Waals surface area contributed by atoms with Crippen LogP contribution in [-0.2, 0) is 12.8 Å². The number of likely N-dealkylation sites (N-methyl/N-ethyl adjacent to an activating group) is 1. The van der Waals surface area contributed by atoms with E-state index in [-0.39, 0.29) is 0 Å². The van der Waals surface area contributed by atoms with E-state index in [1.807, 2.05) is 11.3 Å². The highest BCUT2D eigenvalue weighted by Gasteiger charge is 2.15. The number of halogens is 1. The Hall–Kier alpha value is -0.640. The highest BCUT2D eigenvalue weighted by atomic mass is 79.9. The van der Waals surface area contributed by atoms with Gasteiger partial charge in [-0.05, 0) is 49.2 Å². The molecule has 0 radical (unpaired) electrons. The summed E-state index contributed by atoms with van der Waals surface area (Å²) >= 11 is 5.65. The largest absolute Gasteiger partial charge is 0.310 e. The zero-order chi connectivity index (χ0) is 14.5. The van der Waals surface area contributed by atoms with Gasteiger partial charge in [-0.1, -0.05) is 41.9 Å². The van der Waals surface area contributed by atoms with Gasteiger partial charge in [-0.15, -0.1) is 11.3 Å². The molecule has 1 N–H and O–H groups in total. The zero-order valence-corrected chi connectivity index (χ0v) is 14.8. The molecule has 3 heteroatoms. The van der Waals surface area contributed by atoms with Crippen molar-refractivity contribution in [1.82, 2.24) is 5.32 Å². The first-order chi connectivity index (χ1) is 9.63. The maximum Gasteiger partial charge on any atom is 0.0379 e. The second-order valence-electron chi connectivity index (χ2n) is 5.06. The van der Waals surface area contributed by atoms with Gasteiger partial charge in [0.05, 0.1) is 0 Å². The fourth-order valence-corrected chi connectivity index (χ4v) is 4.15. The van der Waals surface area contributed by atoms with Gasteiger partial charge in [-0.3, -0.25) is 0 Å². The lowest BCUT2D eigenvalue weighted by molar-refractivity contribution is 0.551. The van der Waals surface area contributed by atoms with Crippen LogP contribution < -0.4 is 5.32 Å².